The SMILES string of the molecule is CCOc1ccccc1C=C1N=C(c2ccc([N+](=O)[O-])cc2Cl)OC1=O. The van der Waals surface area contributed by atoms with Crippen molar-refractivity contribution in [3.05, 3.63) is 74.4 Å². The highest BCUT2D eigenvalue weighted by atomic mass is 35.5. The van der Waals surface area contributed by atoms with Crippen molar-refractivity contribution in [1.82, 2.24) is 0 Å². The Morgan fingerprint density at radius 3 is 2.77 bits per heavy atom. The van der Waals surface area contributed by atoms with Crippen molar-refractivity contribution >= 4 is 35.2 Å². The van der Waals surface area contributed by atoms with Crippen LogP contribution in [0, 0.1) is 10.1 Å². The molecule has 2 aromatic rings. The highest BCUT2D eigenvalue weighted by Gasteiger charge is 2.26. The molecule has 0 spiro atoms. The number of rotatable bonds is 5. The van der Waals surface area contributed by atoms with Crippen molar-refractivity contribution in [1.29, 1.82) is 0 Å². The van der Waals surface area contributed by atoms with E-state index in [0.717, 1.165) is 0 Å². The Balaban J connectivity index is 1.96. The van der Waals surface area contributed by atoms with Crippen LogP contribution in [0.3, 0.4) is 0 Å². The lowest BCUT2D eigenvalue weighted by Crippen LogP contribution is -2.06. The zero-order valence-electron chi connectivity index (χ0n) is 13.6. The summed E-state index contributed by atoms with van der Waals surface area (Å²) in [6.45, 7) is 2.35. The molecule has 0 amide bonds. The second kappa shape index (κ2) is 7.37. The van der Waals surface area contributed by atoms with Crippen molar-refractivity contribution in [3.63, 3.8) is 0 Å². The smallest absolute Gasteiger partial charge is 0.363 e. The molecule has 1 aliphatic rings. The molecule has 0 fully saturated rings. The molecule has 0 bridgehead atoms. The number of aliphatic imine (C=N–C) groups is 1. The molecule has 0 unspecified atom stereocenters. The maximum absolute atomic E-state index is 12.1. The number of halogens is 1. The fraction of sp³-hybridized carbons (Fsp3) is 0.111. The average Bonchev–Trinajstić information content (AvgIpc) is 2.97. The van der Waals surface area contributed by atoms with Gasteiger partial charge in [0.15, 0.2) is 5.70 Å². The number of benzene rings is 2. The Bertz CT molecular complexity index is 952. The third-order valence-electron chi connectivity index (χ3n) is 3.53. The van der Waals surface area contributed by atoms with E-state index in [1.807, 2.05) is 19.1 Å². The van der Waals surface area contributed by atoms with Crippen LogP contribution < -0.4 is 4.74 Å². The van der Waals surface area contributed by atoms with Gasteiger partial charge in [0.05, 0.1) is 22.1 Å². The summed E-state index contributed by atoms with van der Waals surface area (Å²) in [4.78, 5) is 26.5. The van der Waals surface area contributed by atoms with E-state index in [1.54, 1.807) is 18.2 Å². The number of nitro groups is 1. The number of ether oxygens (including phenoxy) is 2. The number of hydrogen-bond acceptors (Lipinski definition) is 6. The van der Waals surface area contributed by atoms with Gasteiger partial charge in [-0.05, 0) is 25.1 Å². The Kier molecular flexibility index (Phi) is 4.99. The molecule has 132 valence electrons. The minimum Gasteiger partial charge on any atom is -0.493 e. The normalized spacial score (nSPS) is 14.9. The van der Waals surface area contributed by atoms with Gasteiger partial charge in [0.1, 0.15) is 5.75 Å². The van der Waals surface area contributed by atoms with Crippen LogP contribution in [0.2, 0.25) is 5.02 Å². The molecular formula is C18H13ClN2O5. The summed E-state index contributed by atoms with van der Waals surface area (Å²) in [7, 11) is 0. The Hall–Kier alpha value is -3.19. The molecule has 26 heavy (non-hydrogen) atoms. The number of cyclic esters (lactones) is 1. The van der Waals surface area contributed by atoms with E-state index in [0.29, 0.717) is 23.5 Å². The summed E-state index contributed by atoms with van der Waals surface area (Å²) in [5, 5.41) is 10.9. The van der Waals surface area contributed by atoms with Crippen molar-refractivity contribution in [2.75, 3.05) is 6.61 Å². The van der Waals surface area contributed by atoms with E-state index < -0.39 is 10.9 Å². The van der Waals surface area contributed by atoms with E-state index in [9.17, 15) is 14.9 Å². The maximum atomic E-state index is 12.1. The first-order valence-electron chi connectivity index (χ1n) is 7.68. The minimum absolute atomic E-state index is 0.00459. The average molecular weight is 373 g/mol. The molecule has 1 heterocycles. The molecular weight excluding hydrogens is 360 g/mol. The molecule has 7 nitrogen and oxygen atoms in total. The summed E-state index contributed by atoms with van der Waals surface area (Å²) >= 11 is 6.06. The molecule has 0 atom stereocenters. The molecule has 1 aliphatic heterocycles. The topological polar surface area (TPSA) is 91.0 Å². The first-order valence-corrected chi connectivity index (χ1v) is 8.06. The largest absolute Gasteiger partial charge is 0.493 e. The lowest BCUT2D eigenvalue weighted by molar-refractivity contribution is -0.384. The van der Waals surface area contributed by atoms with Gasteiger partial charge in [-0.25, -0.2) is 9.79 Å². The first-order chi connectivity index (χ1) is 12.5. The molecule has 0 saturated heterocycles. The van der Waals surface area contributed by atoms with Crippen LogP contribution >= 0.6 is 11.6 Å². The van der Waals surface area contributed by atoms with E-state index >= 15 is 0 Å². The van der Waals surface area contributed by atoms with Crippen molar-refractivity contribution in [2.45, 2.75) is 6.92 Å². The summed E-state index contributed by atoms with van der Waals surface area (Å²) in [6.07, 6.45) is 1.56. The monoisotopic (exact) mass is 372 g/mol. The van der Waals surface area contributed by atoms with Crippen molar-refractivity contribution in [3.8, 4) is 5.75 Å². The van der Waals surface area contributed by atoms with Crippen LogP contribution in [-0.4, -0.2) is 23.4 Å². The van der Waals surface area contributed by atoms with Crippen LogP contribution in [0.25, 0.3) is 6.08 Å². The zero-order valence-corrected chi connectivity index (χ0v) is 14.4. The van der Waals surface area contributed by atoms with Gasteiger partial charge in [0, 0.05) is 17.7 Å². The van der Waals surface area contributed by atoms with Gasteiger partial charge in [-0.2, -0.15) is 0 Å². The fourth-order valence-electron chi connectivity index (χ4n) is 2.35. The van der Waals surface area contributed by atoms with E-state index in [4.69, 9.17) is 21.1 Å². The molecule has 0 aromatic heterocycles. The molecule has 0 saturated carbocycles. The third kappa shape index (κ3) is 3.57. The summed E-state index contributed by atoms with van der Waals surface area (Å²) in [5.41, 5.74) is 0.903. The van der Waals surface area contributed by atoms with E-state index in [1.165, 1.54) is 18.2 Å². The van der Waals surface area contributed by atoms with Crippen molar-refractivity contribution in [2.24, 2.45) is 4.99 Å². The number of esters is 1. The van der Waals surface area contributed by atoms with Crippen LogP contribution in [0.15, 0.2) is 53.2 Å². The van der Waals surface area contributed by atoms with Gasteiger partial charge >= 0.3 is 5.97 Å². The number of carbonyl (C=O) groups is 1. The van der Waals surface area contributed by atoms with Gasteiger partial charge in [-0.1, -0.05) is 29.8 Å². The highest BCUT2D eigenvalue weighted by Crippen LogP contribution is 2.28. The van der Waals surface area contributed by atoms with Gasteiger partial charge in [-0.3, -0.25) is 10.1 Å². The van der Waals surface area contributed by atoms with Crippen molar-refractivity contribution < 1.29 is 19.2 Å². The second-order valence-electron chi connectivity index (χ2n) is 5.23. The fourth-order valence-corrected chi connectivity index (χ4v) is 2.61. The molecule has 8 heteroatoms. The van der Waals surface area contributed by atoms with Crippen LogP contribution in [0.1, 0.15) is 18.1 Å². The highest BCUT2D eigenvalue weighted by molar-refractivity contribution is 6.34. The maximum Gasteiger partial charge on any atom is 0.363 e. The number of carbonyl (C=O) groups excluding carboxylic acids is 1. The Labute approximate surface area is 153 Å². The van der Waals surface area contributed by atoms with Gasteiger partial charge < -0.3 is 9.47 Å². The molecule has 0 aliphatic carbocycles. The zero-order chi connectivity index (χ0) is 18.7. The van der Waals surface area contributed by atoms with Crippen LogP contribution in [-0.2, 0) is 9.53 Å². The Morgan fingerprint density at radius 1 is 1.31 bits per heavy atom. The molecule has 0 radical (unpaired) electrons. The number of nitrogens with zero attached hydrogens (tertiary/aromatic N) is 2. The summed E-state index contributed by atoms with van der Waals surface area (Å²) in [6, 6.07) is 11.1. The number of non-ortho nitro benzene ring substituents is 1. The Morgan fingerprint density at radius 2 is 2.08 bits per heavy atom. The quantitative estimate of drug-likeness (QED) is 0.342. The van der Waals surface area contributed by atoms with Gasteiger partial charge in [0.25, 0.3) is 5.69 Å². The standard InChI is InChI=1S/C18H13ClN2O5/c1-2-25-16-6-4-3-5-11(16)9-15-18(22)26-17(20-15)13-8-7-12(21(23)24)10-14(13)19/h3-10H,2H2,1H3. The van der Waals surface area contributed by atoms with Gasteiger partial charge in [0.2, 0.25) is 5.90 Å². The minimum atomic E-state index is -0.638. The molecule has 2 aromatic carbocycles. The van der Waals surface area contributed by atoms with Crippen LogP contribution in [0.4, 0.5) is 5.69 Å². The molecule has 0 N–H and O–H groups in total. The molecule has 3 rings (SSSR count). The third-order valence-corrected chi connectivity index (χ3v) is 3.84. The summed E-state index contributed by atoms with van der Waals surface area (Å²) in [5.74, 6) is -0.0249. The number of nitro benzene ring substituents is 1. The van der Waals surface area contributed by atoms with Crippen LogP contribution in [0.5, 0.6) is 5.75 Å². The lowest BCUT2D eigenvalue weighted by Gasteiger charge is -2.06. The second-order valence-corrected chi connectivity index (χ2v) is 5.64. The van der Waals surface area contributed by atoms with E-state index in [-0.39, 0.29) is 22.3 Å². The first kappa shape index (κ1) is 17.6. The lowest BCUT2D eigenvalue weighted by atomic mass is 10.1. The summed E-state index contributed by atoms with van der Waals surface area (Å²) < 4.78 is 10.7. The van der Waals surface area contributed by atoms with E-state index in [2.05, 4.69) is 4.99 Å². The van der Waals surface area contributed by atoms with Gasteiger partial charge in [-0.15, -0.1) is 0 Å². The number of para-hydroxylation sites is 1. The predicted octanol–water partition coefficient (Wildman–Crippen LogP) is 3.99. The predicted molar refractivity (Wildman–Crippen MR) is 96.3 cm³/mol. The number of hydrogen-bond donors (Lipinski definition) is 0.